The van der Waals surface area contributed by atoms with E-state index in [4.69, 9.17) is 16.3 Å². The molecular weight excluding hydrogens is 352 g/mol. The Morgan fingerprint density at radius 3 is 2.69 bits per heavy atom. The number of benzene rings is 2. The molecule has 5 nitrogen and oxygen atoms in total. The van der Waals surface area contributed by atoms with E-state index >= 15 is 0 Å². The second-order valence-corrected chi connectivity index (χ2v) is 6.22. The van der Waals surface area contributed by atoms with Gasteiger partial charge >= 0.3 is 0 Å². The molecule has 26 heavy (non-hydrogen) atoms. The highest BCUT2D eigenvalue weighted by Gasteiger charge is 2.11. The molecule has 0 atom stereocenters. The van der Waals surface area contributed by atoms with E-state index in [-0.39, 0.29) is 18.4 Å². The molecule has 1 N–H and O–H groups in total. The van der Waals surface area contributed by atoms with Crippen LogP contribution in [-0.2, 0) is 9.59 Å². The summed E-state index contributed by atoms with van der Waals surface area (Å²) in [5.41, 5.74) is 2.41. The molecule has 2 aromatic carbocycles. The highest BCUT2D eigenvalue weighted by Crippen LogP contribution is 2.18. The summed E-state index contributed by atoms with van der Waals surface area (Å²) in [5, 5.41) is 3.38. The molecule has 0 aliphatic heterocycles. The van der Waals surface area contributed by atoms with Crippen molar-refractivity contribution in [2.75, 3.05) is 26.0 Å². The summed E-state index contributed by atoms with van der Waals surface area (Å²) in [4.78, 5) is 25.6. The van der Waals surface area contributed by atoms with Gasteiger partial charge in [0.25, 0.3) is 0 Å². The molecule has 0 aliphatic carbocycles. The molecule has 0 aliphatic rings. The van der Waals surface area contributed by atoms with Crippen LogP contribution in [-0.4, -0.2) is 37.4 Å². The first-order valence-corrected chi connectivity index (χ1v) is 8.40. The first kappa shape index (κ1) is 19.5. The van der Waals surface area contributed by atoms with Gasteiger partial charge in [-0.2, -0.15) is 0 Å². The Morgan fingerprint density at radius 1 is 1.23 bits per heavy atom. The van der Waals surface area contributed by atoms with Gasteiger partial charge in [-0.3, -0.25) is 9.59 Å². The van der Waals surface area contributed by atoms with E-state index in [0.29, 0.717) is 16.5 Å². The highest BCUT2D eigenvalue weighted by molar-refractivity contribution is 6.31. The van der Waals surface area contributed by atoms with Crippen LogP contribution in [0.25, 0.3) is 6.08 Å². The molecule has 2 rings (SSSR count). The van der Waals surface area contributed by atoms with Crippen LogP contribution in [0.1, 0.15) is 11.1 Å². The second-order valence-electron chi connectivity index (χ2n) is 5.82. The zero-order chi connectivity index (χ0) is 19.1. The van der Waals surface area contributed by atoms with E-state index in [9.17, 15) is 9.59 Å². The van der Waals surface area contributed by atoms with E-state index in [1.807, 2.05) is 19.1 Å². The molecule has 0 radical (unpaired) electrons. The maximum Gasteiger partial charge on any atom is 0.246 e. The number of methoxy groups -OCH3 is 1. The summed E-state index contributed by atoms with van der Waals surface area (Å²) in [6, 6.07) is 12.6. The molecule has 0 saturated heterocycles. The number of rotatable bonds is 6. The molecular formula is C20H21ClN2O3. The summed E-state index contributed by atoms with van der Waals surface area (Å²) < 4.78 is 5.11. The first-order valence-electron chi connectivity index (χ1n) is 8.02. The van der Waals surface area contributed by atoms with E-state index < -0.39 is 0 Å². The van der Waals surface area contributed by atoms with Crippen molar-refractivity contribution < 1.29 is 14.3 Å². The molecule has 0 saturated carbocycles. The zero-order valence-corrected chi connectivity index (χ0v) is 15.7. The van der Waals surface area contributed by atoms with Gasteiger partial charge in [0.2, 0.25) is 11.8 Å². The van der Waals surface area contributed by atoms with Crippen molar-refractivity contribution in [1.82, 2.24) is 4.90 Å². The van der Waals surface area contributed by atoms with Crippen LogP contribution in [0.3, 0.4) is 0 Å². The largest absolute Gasteiger partial charge is 0.497 e. The van der Waals surface area contributed by atoms with E-state index in [1.54, 1.807) is 50.6 Å². The number of carbonyl (C=O) groups is 2. The predicted octanol–water partition coefficient (Wildman–Crippen LogP) is 3.77. The van der Waals surface area contributed by atoms with Crippen LogP contribution >= 0.6 is 11.6 Å². The SMILES string of the molecule is COc1cccc(NC(=O)CN(C)C(=O)/C=C/c2ccc(C)c(Cl)c2)c1. The minimum absolute atomic E-state index is 0.0605. The lowest BCUT2D eigenvalue weighted by molar-refractivity contribution is -0.129. The van der Waals surface area contributed by atoms with Crippen LogP contribution in [0, 0.1) is 6.92 Å². The maximum atomic E-state index is 12.2. The van der Waals surface area contributed by atoms with Crippen molar-refractivity contribution in [3.05, 3.63) is 64.7 Å². The van der Waals surface area contributed by atoms with Crippen molar-refractivity contribution in [2.24, 2.45) is 0 Å². The van der Waals surface area contributed by atoms with E-state index in [1.165, 1.54) is 11.0 Å². The Kier molecular flexibility index (Phi) is 6.81. The monoisotopic (exact) mass is 372 g/mol. The zero-order valence-electron chi connectivity index (χ0n) is 15.0. The fraction of sp³-hybridized carbons (Fsp3) is 0.200. The molecule has 0 fully saturated rings. The Morgan fingerprint density at radius 2 is 2.00 bits per heavy atom. The summed E-state index contributed by atoms with van der Waals surface area (Å²) in [7, 11) is 3.13. The van der Waals surface area contributed by atoms with Gasteiger partial charge in [0.15, 0.2) is 0 Å². The number of anilines is 1. The van der Waals surface area contributed by atoms with Crippen LogP contribution in [0.15, 0.2) is 48.5 Å². The summed E-state index contributed by atoms with van der Waals surface area (Å²) in [6.07, 6.45) is 3.09. The number of aryl methyl sites for hydroxylation is 1. The summed E-state index contributed by atoms with van der Waals surface area (Å²) in [6.45, 7) is 1.85. The Labute approximate surface area is 158 Å². The predicted molar refractivity (Wildman–Crippen MR) is 104 cm³/mol. The molecule has 0 spiro atoms. The number of nitrogens with one attached hydrogen (secondary N) is 1. The number of hydrogen-bond donors (Lipinski definition) is 1. The maximum absolute atomic E-state index is 12.2. The van der Waals surface area contributed by atoms with Gasteiger partial charge in [-0.15, -0.1) is 0 Å². The molecule has 0 aromatic heterocycles. The van der Waals surface area contributed by atoms with Gasteiger partial charge in [-0.25, -0.2) is 0 Å². The molecule has 0 heterocycles. The lowest BCUT2D eigenvalue weighted by Gasteiger charge is -2.15. The lowest BCUT2D eigenvalue weighted by Crippen LogP contribution is -2.33. The normalized spacial score (nSPS) is 10.6. The van der Waals surface area contributed by atoms with Crippen molar-refractivity contribution in [3.8, 4) is 5.75 Å². The topological polar surface area (TPSA) is 58.6 Å². The van der Waals surface area contributed by atoms with Crippen LogP contribution in [0.2, 0.25) is 5.02 Å². The number of carbonyl (C=O) groups excluding carboxylic acids is 2. The molecule has 6 heteroatoms. The average Bonchev–Trinajstić information content (AvgIpc) is 2.62. The van der Waals surface area contributed by atoms with Crippen LogP contribution < -0.4 is 10.1 Å². The Bertz CT molecular complexity index is 834. The van der Waals surface area contributed by atoms with Crippen molar-refractivity contribution in [2.45, 2.75) is 6.92 Å². The van der Waals surface area contributed by atoms with Crippen molar-refractivity contribution >= 4 is 35.2 Å². The fourth-order valence-electron chi connectivity index (χ4n) is 2.20. The molecule has 2 amide bonds. The van der Waals surface area contributed by atoms with Gasteiger partial charge in [0, 0.05) is 29.9 Å². The fourth-order valence-corrected chi connectivity index (χ4v) is 2.39. The quantitative estimate of drug-likeness (QED) is 0.785. The van der Waals surface area contributed by atoms with Gasteiger partial charge in [-0.1, -0.05) is 29.8 Å². The third-order valence-electron chi connectivity index (χ3n) is 3.72. The minimum atomic E-state index is -0.291. The highest BCUT2D eigenvalue weighted by atomic mass is 35.5. The number of hydrogen-bond acceptors (Lipinski definition) is 3. The molecule has 2 aromatic rings. The third-order valence-corrected chi connectivity index (χ3v) is 4.13. The van der Waals surface area contributed by atoms with Gasteiger partial charge in [-0.05, 0) is 42.3 Å². The molecule has 0 unspecified atom stereocenters. The number of nitrogens with zero attached hydrogens (tertiary/aromatic N) is 1. The van der Waals surface area contributed by atoms with Crippen molar-refractivity contribution in [3.63, 3.8) is 0 Å². The molecule has 0 bridgehead atoms. The minimum Gasteiger partial charge on any atom is -0.497 e. The summed E-state index contributed by atoms with van der Waals surface area (Å²) >= 11 is 6.07. The van der Waals surface area contributed by atoms with Crippen molar-refractivity contribution in [1.29, 1.82) is 0 Å². The number of ether oxygens (including phenoxy) is 1. The number of amides is 2. The number of likely N-dealkylation sites (N-methyl/N-ethyl adjacent to an activating group) is 1. The Hall–Kier alpha value is -2.79. The van der Waals surface area contributed by atoms with Crippen LogP contribution in [0.4, 0.5) is 5.69 Å². The molecule has 136 valence electrons. The van der Waals surface area contributed by atoms with Gasteiger partial charge in [0.05, 0.1) is 13.7 Å². The number of halogens is 1. The average molecular weight is 373 g/mol. The smallest absolute Gasteiger partial charge is 0.246 e. The van der Waals surface area contributed by atoms with Crippen LogP contribution in [0.5, 0.6) is 5.75 Å². The summed E-state index contributed by atoms with van der Waals surface area (Å²) in [5.74, 6) is 0.0790. The standard InChI is InChI=1S/C20H21ClN2O3/c1-14-7-8-15(11-18(14)21)9-10-20(25)23(2)13-19(24)22-16-5-4-6-17(12-16)26-3/h4-12H,13H2,1-3H3,(H,22,24)/b10-9+. The third kappa shape index (κ3) is 5.63. The lowest BCUT2D eigenvalue weighted by atomic mass is 10.1. The van der Waals surface area contributed by atoms with Gasteiger partial charge in [0.1, 0.15) is 5.75 Å². The first-order chi connectivity index (χ1) is 12.4. The second kappa shape index (κ2) is 9.06. The van der Waals surface area contributed by atoms with Gasteiger partial charge < -0.3 is 15.0 Å². The van der Waals surface area contributed by atoms with E-state index in [0.717, 1.165) is 11.1 Å². The Balaban J connectivity index is 1.91. The van der Waals surface area contributed by atoms with E-state index in [2.05, 4.69) is 5.32 Å².